The van der Waals surface area contributed by atoms with E-state index in [1.54, 1.807) is 13.3 Å². The first kappa shape index (κ1) is 28.4. The van der Waals surface area contributed by atoms with Crippen molar-refractivity contribution in [2.75, 3.05) is 47.1 Å². The van der Waals surface area contributed by atoms with E-state index in [1.165, 1.54) is 19.2 Å². The van der Waals surface area contributed by atoms with Gasteiger partial charge in [-0.3, -0.25) is 0 Å². The molecule has 1 aliphatic rings. The Morgan fingerprint density at radius 2 is 1.91 bits per heavy atom. The number of nitrogens with zero attached hydrogens (tertiary/aromatic N) is 2. The van der Waals surface area contributed by atoms with Crippen LogP contribution in [0.25, 0.3) is 0 Å². The van der Waals surface area contributed by atoms with E-state index in [-0.39, 0.29) is 18.6 Å². The van der Waals surface area contributed by atoms with Gasteiger partial charge in [-0.05, 0) is 31.9 Å². The van der Waals surface area contributed by atoms with Gasteiger partial charge in [0.05, 0.1) is 45.6 Å². The molecule has 7 nitrogen and oxygen atoms in total. The fraction of sp³-hybridized carbons (Fsp3) is 0.708. The molecule has 1 aliphatic heterocycles. The molecule has 1 aromatic carbocycles. The van der Waals surface area contributed by atoms with Crippen LogP contribution in [0.4, 0.5) is 18.9 Å². The third-order valence-electron chi connectivity index (χ3n) is 5.85. The van der Waals surface area contributed by atoms with Gasteiger partial charge in [-0.1, -0.05) is 20.3 Å². The van der Waals surface area contributed by atoms with Gasteiger partial charge >= 0.3 is 6.18 Å². The SMILES string of the molecule is CCCC1OCC(C)(COCC(O)(c2cc(C)c(/N=C/N(C)CC)cc2OC)C(F)(F)F)CO1. The number of aryl methyl sites for hydroxylation is 1. The van der Waals surface area contributed by atoms with Crippen LogP contribution < -0.4 is 4.74 Å². The highest BCUT2D eigenvalue weighted by Crippen LogP contribution is 2.45. The Kier molecular flexibility index (Phi) is 9.76. The molecule has 1 unspecified atom stereocenters. The second kappa shape index (κ2) is 11.7. The molecule has 0 bridgehead atoms. The highest BCUT2D eigenvalue weighted by molar-refractivity contribution is 5.65. The molecular formula is C24H37F3N2O5. The van der Waals surface area contributed by atoms with Crippen molar-refractivity contribution < 1.29 is 37.2 Å². The van der Waals surface area contributed by atoms with Gasteiger partial charge in [0.1, 0.15) is 5.75 Å². The second-order valence-electron chi connectivity index (χ2n) is 9.16. The standard InChI is InChI=1S/C24H37F3N2O5/c1-7-9-21-33-13-22(4,14-34-21)12-32-15-23(30,24(25,26)27)18-10-17(3)19(11-20(18)31-6)28-16-29(5)8-2/h10-11,16,21,30H,7-9,12-15H2,1-6H3/b28-16+. The van der Waals surface area contributed by atoms with Gasteiger partial charge in [0.15, 0.2) is 6.29 Å². The minimum absolute atomic E-state index is 0.0722. The Bertz CT molecular complexity index is 826. The molecule has 194 valence electrons. The maximum absolute atomic E-state index is 14.2. The molecule has 1 heterocycles. The summed E-state index contributed by atoms with van der Waals surface area (Å²) >= 11 is 0. The zero-order valence-electron chi connectivity index (χ0n) is 20.9. The highest BCUT2D eigenvalue weighted by Gasteiger charge is 2.57. The Morgan fingerprint density at radius 1 is 1.26 bits per heavy atom. The lowest BCUT2D eigenvalue weighted by atomic mass is 9.90. The second-order valence-corrected chi connectivity index (χ2v) is 9.16. The molecule has 1 saturated heterocycles. The van der Waals surface area contributed by atoms with Crippen LogP contribution in [0.5, 0.6) is 5.75 Å². The number of methoxy groups -OCH3 is 1. The van der Waals surface area contributed by atoms with Crippen molar-refractivity contribution >= 4 is 12.0 Å². The van der Waals surface area contributed by atoms with Gasteiger partial charge in [0.2, 0.25) is 5.60 Å². The van der Waals surface area contributed by atoms with Crippen LogP contribution in [0.3, 0.4) is 0 Å². The average Bonchev–Trinajstić information content (AvgIpc) is 2.78. The summed E-state index contributed by atoms with van der Waals surface area (Å²) in [6, 6.07) is 2.64. The third-order valence-corrected chi connectivity index (χ3v) is 5.85. The first-order chi connectivity index (χ1) is 15.9. The number of rotatable bonds is 11. The van der Waals surface area contributed by atoms with E-state index in [1.807, 2.05) is 32.7 Å². The lowest BCUT2D eigenvalue weighted by molar-refractivity contribution is -0.289. The molecule has 0 aliphatic carbocycles. The van der Waals surface area contributed by atoms with Crippen molar-refractivity contribution in [3.05, 3.63) is 23.3 Å². The van der Waals surface area contributed by atoms with E-state index in [9.17, 15) is 18.3 Å². The van der Waals surface area contributed by atoms with Crippen LogP contribution in [0.2, 0.25) is 0 Å². The molecular weight excluding hydrogens is 453 g/mol. The van der Waals surface area contributed by atoms with E-state index in [4.69, 9.17) is 18.9 Å². The largest absolute Gasteiger partial charge is 0.496 e. The summed E-state index contributed by atoms with van der Waals surface area (Å²) in [4.78, 5) is 6.14. The summed E-state index contributed by atoms with van der Waals surface area (Å²) in [5.41, 5.74) is -3.42. The number of hydrogen-bond donors (Lipinski definition) is 1. The minimum atomic E-state index is -5.01. The predicted octanol–water partition coefficient (Wildman–Crippen LogP) is 4.56. The normalized spacial score (nSPS) is 23.2. The molecule has 0 spiro atoms. The first-order valence-corrected chi connectivity index (χ1v) is 11.4. The number of alkyl halides is 3. The first-order valence-electron chi connectivity index (χ1n) is 11.4. The number of benzene rings is 1. The molecule has 0 aromatic heterocycles. The Labute approximate surface area is 199 Å². The van der Waals surface area contributed by atoms with E-state index in [0.717, 1.165) is 19.4 Å². The van der Waals surface area contributed by atoms with Crippen molar-refractivity contribution in [1.29, 1.82) is 0 Å². The summed E-state index contributed by atoms with van der Waals surface area (Å²) < 4.78 is 64.5. The van der Waals surface area contributed by atoms with Gasteiger partial charge in [0, 0.05) is 30.6 Å². The van der Waals surface area contributed by atoms with Crippen molar-refractivity contribution in [3.63, 3.8) is 0 Å². The zero-order chi connectivity index (χ0) is 25.6. The van der Waals surface area contributed by atoms with Crippen molar-refractivity contribution in [1.82, 2.24) is 4.90 Å². The number of aliphatic hydroxyl groups is 1. The summed E-state index contributed by atoms with van der Waals surface area (Å²) in [5.74, 6) is -0.127. The van der Waals surface area contributed by atoms with Crippen LogP contribution in [0, 0.1) is 12.3 Å². The Hall–Kier alpha value is -1.88. The molecule has 0 saturated carbocycles. The van der Waals surface area contributed by atoms with Gasteiger partial charge in [-0.25, -0.2) is 4.99 Å². The van der Waals surface area contributed by atoms with Crippen LogP contribution in [-0.4, -0.2) is 75.9 Å². The molecule has 1 aromatic rings. The number of hydrogen-bond acceptors (Lipinski definition) is 6. The van der Waals surface area contributed by atoms with Crippen LogP contribution in [0.1, 0.15) is 44.7 Å². The maximum Gasteiger partial charge on any atom is 0.423 e. The van der Waals surface area contributed by atoms with Crippen LogP contribution in [0.15, 0.2) is 17.1 Å². The van der Waals surface area contributed by atoms with Crippen LogP contribution in [-0.2, 0) is 19.8 Å². The third kappa shape index (κ3) is 6.84. The van der Waals surface area contributed by atoms with Crippen LogP contribution >= 0.6 is 0 Å². The summed E-state index contributed by atoms with van der Waals surface area (Å²) in [5, 5.41) is 10.9. The van der Waals surface area contributed by atoms with Crippen molar-refractivity contribution in [2.24, 2.45) is 10.4 Å². The number of halogens is 3. The average molecular weight is 491 g/mol. The molecule has 0 radical (unpaired) electrons. The van der Waals surface area contributed by atoms with Gasteiger partial charge < -0.3 is 29.0 Å². The lowest BCUT2D eigenvalue weighted by Gasteiger charge is -2.38. The summed E-state index contributed by atoms with van der Waals surface area (Å²) in [6.07, 6.45) is -2.08. The van der Waals surface area contributed by atoms with E-state index >= 15 is 0 Å². The molecule has 1 fully saturated rings. The molecule has 1 atom stereocenters. The fourth-order valence-electron chi connectivity index (χ4n) is 3.47. The quantitative estimate of drug-likeness (QED) is 0.362. The topological polar surface area (TPSA) is 72.8 Å². The molecule has 0 amide bonds. The predicted molar refractivity (Wildman–Crippen MR) is 124 cm³/mol. The fourth-order valence-corrected chi connectivity index (χ4v) is 3.47. The maximum atomic E-state index is 14.2. The van der Waals surface area contributed by atoms with Gasteiger partial charge in [0.25, 0.3) is 0 Å². The highest BCUT2D eigenvalue weighted by atomic mass is 19.4. The summed E-state index contributed by atoms with van der Waals surface area (Å²) in [6.45, 7) is 7.64. The van der Waals surface area contributed by atoms with Crippen molar-refractivity contribution in [3.8, 4) is 5.75 Å². The monoisotopic (exact) mass is 490 g/mol. The molecule has 10 heteroatoms. The lowest BCUT2D eigenvalue weighted by Crippen LogP contribution is -2.48. The number of ether oxygens (including phenoxy) is 4. The summed E-state index contributed by atoms with van der Waals surface area (Å²) in [7, 11) is 3.08. The zero-order valence-corrected chi connectivity index (χ0v) is 20.9. The molecule has 2 rings (SSSR count). The smallest absolute Gasteiger partial charge is 0.423 e. The van der Waals surface area contributed by atoms with E-state index in [0.29, 0.717) is 24.5 Å². The van der Waals surface area contributed by atoms with Crippen molar-refractivity contribution in [2.45, 2.75) is 58.6 Å². The minimum Gasteiger partial charge on any atom is -0.496 e. The van der Waals surface area contributed by atoms with E-state index < -0.39 is 29.4 Å². The van der Waals surface area contributed by atoms with E-state index in [2.05, 4.69) is 4.99 Å². The Balaban J connectivity index is 2.24. The molecule has 1 N–H and O–H groups in total. The molecule has 34 heavy (non-hydrogen) atoms. The Morgan fingerprint density at radius 3 is 2.44 bits per heavy atom. The van der Waals surface area contributed by atoms with Gasteiger partial charge in [-0.2, -0.15) is 13.2 Å². The number of aliphatic imine (C=N–C) groups is 1. The van der Waals surface area contributed by atoms with Gasteiger partial charge in [-0.15, -0.1) is 0 Å².